The molecule has 0 aromatic heterocycles. The summed E-state index contributed by atoms with van der Waals surface area (Å²) in [6.45, 7) is 1.03. The van der Waals surface area contributed by atoms with Crippen molar-refractivity contribution < 1.29 is 40.7 Å². The van der Waals surface area contributed by atoms with Crippen molar-refractivity contribution in [3.8, 4) is 0 Å². The van der Waals surface area contributed by atoms with Gasteiger partial charge in [-0.3, -0.25) is 4.79 Å². The molecule has 2 aliphatic rings. The van der Waals surface area contributed by atoms with Crippen LogP contribution in [0.3, 0.4) is 0 Å². The molecular weight excluding hydrogens is 513 g/mol. The molecule has 0 radical (unpaired) electrons. The van der Waals surface area contributed by atoms with E-state index < -0.39 is 34.0 Å². The van der Waals surface area contributed by atoms with Crippen LogP contribution < -0.4 is 5.48 Å². The number of sulfonamides is 1. The Morgan fingerprint density at radius 1 is 1.03 bits per heavy atom. The lowest BCUT2D eigenvalue weighted by Crippen LogP contribution is -2.41. The third-order valence-corrected chi connectivity index (χ3v) is 8.30. The number of hydrogen-bond acceptors (Lipinski definition) is 6. The highest BCUT2D eigenvalue weighted by atomic mass is 32.2. The summed E-state index contributed by atoms with van der Waals surface area (Å²) in [5, 5.41) is 0. The minimum Gasteiger partial charge on any atom is -0.373 e. The number of nitrogens with one attached hydrogen (secondary N) is 1. The van der Waals surface area contributed by atoms with Crippen LogP contribution in [0.5, 0.6) is 0 Å². The third kappa shape index (κ3) is 7.08. The Bertz CT molecular complexity index is 1160. The number of nitrogens with zero attached hydrogens (tertiary/aromatic N) is 1. The molecule has 202 valence electrons. The second-order valence-corrected chi connectivity index (χ2v) is 10.9. The Kier molecular flexibility index (Phi) is 8.86. The van der Waals surface area contributed by atoms with Crippen LogP contribution in [-0.2, 0) is 37.1 Å². The van der Waals surface area contributed by atoms with Crippen molar-refractivity contribution in [1.82, 2.24) is 9.79 Å². The van der Waals surface area contributed by atoms with Gasteiger partial charge in [-0.25, -0.2) is 18.7 Å². The number of amides is 1. The van der Waals surface area contributed by atoms with Gasteiger partial charge < -0.3 is 9.47 Å². The fraction of sp³-hybridized carbons (Fsp3) is 0.480. The van der Waals surface area contributed by atoms with E-state index in [4.69, 9.17) is 14.3 Å². The first-order valence-electron chi connectivity index (χ1n) is 12.1. The van der Waals surface area contributed by atoms with Gasteiger partial charge in [0.2, 0.25) is 10.0 Å². The second-order valence-electron chi connectivity index (χ2n) is 8.95. The summed E-state index contributed by atoms with van der Waals surface area (Å²) in [6, 6.07) is 10.7. The van der Waals surface area contributed by atoms with Crippen molar-refractivity contribution in [2.24, 2.45) is 0 Å². The number of alkyl halides is 3. The zero-order chi connectivity index (χ0) is 26.5. The van der Waals surface area contributed by atoms with Gasteiger partial charge in [0.25, 0.3) is 5.91 Å². The highest BCUT2D eigenvalue weighted by Crippen LogP contribution is 2.30. The Hall–Kier alpha value is -2.51. The average Bonchev–Trinajstić information content (AvgIpc) is 2.91. The van der Waals surface area contributed by atoms with E-state index in [9.17, 15) is 26.4 Å². The Morgan fingerprint density at radius 3 is 2.38 bits per heavy atom. The summed E-state index contributed by atoms with van der Waals surface area (Å²) in [6.07, 6.45) is -1.91. The smallest absolute Gasteiger partial charge is 0.373 e. The maximum Gasteiger partial charge on any atom is 0.416 e. The van der Waals surface area contributed by atoms with E-state index in [0.717, 1.165) is 25.0 Å². The fourth-order valence-corrected chi connectivity index (χ4v) is 5.90. The number of benzene rings is 2. The summed E-state index contributed by atoms with van der Waals surface area (Å²) in [4.78, 5) is 17.9. The van der Waals surface area contributed by atoms with E-state index in [1.54, 1.807) is 12.1 Å². The molecule has 2 aliphatic heterocycles. The van der Waals surface area contributed by atoms with Crippen molar-refractivity contribution in [2.75, 3.05) is 19.7 Å². The van der Waals surface area contributed by atoms with E-state index in [1.807, 2.05) is 0 Å². The molecule has 2 saturated heterocycles. The van der Waals surface area contributed by atoms with Crippen molar-refractivity contribution in [1.29, 1.82) is 0 Å². The zero-order valence-electron chi connectivity index (χ0n) is 20.1. The Labute approximate surface area is 213 Å². The summed E-state index contributed by atoms with van der Waals surface area (Å²) in [7, 11) is -3.97. The molecule has 0 saturated carbocycles. The van der Waals surface area contributed by atoms with Crippen LogP contribution in [0.4, 0.5) is 13.2 Å². The van der Waals surface area contributed by atoms with Gasteiger partial charge in [-0.2, -0.15) is 17.5 Å². The minimum atomic E-state index is -4.40. The monoisotopic (exact) mass is 542 g/mol. The first kappa shape index (κ1) is 27.5. The molecule has 2 heterocycles. The van der Waals surface area contributed by atoms with Crippen LogP contribution >= 0.6 is 0 Å². The van der Waals surface area contributed by atoms with Gasteiger partial charge in [0.1, 0.15) is 0 Å². The van der Waals surface area contributed by atoms with Crippen molar-refractivity contribution >= 4 is 15.9 Å². The van der Waals surface area contributed by atoms with Crippen molar-refractivity contribution in [3.05, 3.63) is 65.2 Å². The van der Waals surface area contributed by atoms with Gasteiger partial charge in [-0.05, 0) is 55.5 Å². The summed E-state index contributed by atoms with van der Waals surface area (Å²) in [5.41, 5.74) is 2.15. The van der Waals surface area contributed by atoms with E-state index >= 15 is 0 Å². The van der Waals surface area contributed by atoms with E-state index in [0.29, 0.717) is 31.4 Å². The predicted molar refractivity (Wildman–Crippen MR) is 127 cm³/mol. The standard InChI is InChI=1S/C25H29F3N2O6S/c26-25(27,28)19-10-8-18(9-11-19)17-35-20-12-14-30(15-13-20)37(32,33)22-6-2-1-5-21(22)24(31)29-36-23-7-3-4-16-34-23/h1-2,5-6,8-11,20,23H,3-4,7,12-17H2,(H,29,31). The van der Waals surface area contributed by atoms with Crippen LogP contribution in [0.15, 0.2) is 53.4 Å². The van der Waals surface area contributed by atoms with Crippen LogP contribution in [0, 0.1) is 0 Å². The maximum absolute atomic E-state index is 13.4. The number of piperidine rings is 1. The zero-order valence-corrected chi connectivity index (χ0v) is 20.9. The number of ether oxygens (including phenoxy) is 2. The van der Waals surface area contributed by atoms with E-state index in [1.165, 1.54) is 28.6 Å². The number of carbonyl (C=O) groups is 1. The van der Waals surface area contributed by atoms with Gasteiger partial charge in [0, 0.05) is 26.1 Å². The predicted octanol–water partition coefficient (Wildman–Crippen LogP) is 4.26. The molecule has 1 N–H and O–H groups in total. The van der Waals surface area contributed by atoms with Gasteiger partial charge in [0.05, 0.1) is 28.7 Å². The molecule has 12 heteroatoms. The summed E-state index contributed by atoms with van der Waals surface area (Å²) < 4.78 is 77.4. The summed E-state index contributed by atoms with van der Waals surface area (Å²) >= 11 is 0. The molecule has 1 amide bonds. The van der Waals surface area contributed by atoms with Gasteiger partial charge >= 0.3 is 6.18 Å². The van der Waals surface area contributed by atoms with Gasteiger partial charge in [-0.15, -0.1) is 0 Å². The molecule has 4 rings (SSSR count). The number of halogens is 3. The second kappa shape index (κ2) is 11.9. The normalized spacial score (nSPS) is 20.0. The van der Waals surface area contributed by atoms with E-state index in [2.05, 4.69) is 5.48 Å². The topological polar surface area (TPSA) is 94.2 Å². The average molecular weight is 543 g/mol. The Balaban J connectivity index is 1.32. The first-order chi connectivity index (χ1) is 17.6. The number of hydroxylamine groups is 1. The highest BCUT2D eigenvalue weighted by molar-refractivity contribution is 7.89. The molecule has 1 atom stereocenters. The number of rotatable bonds is 8. The molecule has 2 aromatic carbocycles. The number of hydrogen-bond donors (Lipinski definition) is 1. The van der Waals surface area contributed by atoms with Crippen LogP contribution in [0.25, 0.3) is 0 Å². The molecule has 1 unspecified atom stereocenters. The lowest BCUT2D eigenvalue weighted by Gasteiger charge is -2.31. The molecular formula is C25H29F3N2O6S. The third-order valence-electron chi connectivity index (χ3n) is 6.34. The quantitative estimate of drug-likeness (QED) is 0.501. The van der Waals surface area contributed by atoms with Crippen LogP contribution in [-0.4, -0.2) is 50.7 Å². The maximum atomic E-state index is 13.4. The number of carbonyl (C=O) groups excluding carboxylic acids is 1. The van der Waals surface area contributed by atoms with Crippen molar-refractivity contribution in [3.63, 3.8) is 0 Å². The van der Waals surface area contributed by atoms with Gasteiger partial charge in [0.15, 0.2) is 6.29 Å². The Morgan fingerprint density at radius 2 is 1.73 bits per heavy atom. The summed E-state index contributed by atoms with van der Waals surface area (Å²) in [5.74, 6) is -0.678. The first-order valence-corrected chi connectivity index (χ1v) is 13.5. The van der Waals surface area contributed by atoms with Crippen molar-refractivity contribution in [2.45, 2.75) is 62.2 Å². The molecule has 0 spiro atoms. The largest absolute Gasteiger partial charge is 0.416 e. The van der Waals surface area contributed by atoms with E-state index in [-0.39, 0.29) is 36.3 Å². The van der Waals surface area contributed by atoms with Crippen LogP contribution in [0.2, 0.25) is 0 Å². The molecule has 0 aliphatic carbocycles. The molecule has 37 heavy (non-hydrogen) atoms. The fourth-order valence-electron chi connectivity index (χ4n) is 4.24. The highest BCUT2D eigenvalue weighted by Gasteiger charge is 2.33. The lowest BCUT2D eigenvalue weighted by atomic mass is 10.1. The lowest BCUT2D eigenvalue weighted by molar-refractivity contribution is -0.186. The molecule has 2 aromatic rings. The van der Waals surface area contributed by atoms with Crippen LogP contribution in [0.1, 0.15) is 53.6 Å². The van der Waals surface area contributed by atoms with Gasteiger partial charge in [-0.1, -0.05) is 24.3 Å². The molecule has 8 nitrogen and oxygen atoms in total. The SMILES string of the molecule is O=C(NOC1CCCCO1)c1ccccc1S(=O)(=O)N1CCC(OCc2ccc(C(F)(F)F)cc2)CC1. The molecule has 2 fully saturated rings. The molecule has 0 bridgehead atoms. The minimum absolute atomic E-state index is 0.0287.